The van der Waals surface area contributed by atoms with Crippen molar-refractivity contribution in [1.82, 2.24) is 0 Å². The molecule has 29 heavy (non-hydrogen) atoms. The highest BCUT2D eigenvalue weighted by Crippen LogP contribution is 2.41. The van der Waals surface area contributed by atoms with Crippen molar-refractivity contribution in [2.45, 2.75) is 89.5 Å². The van der Waals surface area contributed by atoms with E-state index in [4.69, 9.17) is 92.8 Å². The van der Waals surface area contributed by atoms with Gasteiger partial charge < -0.3 is 4.74 Å². The SMILES string of the molecule is COC(=O)CCC(Cl)C(Cl)CC(C(Cl)CC(Cl)C(C)Cl)C(C(C)Cl)C(Cl)C(C)Cl. The van der Waals surface area contributed by atoms with Crippen LogP contribution in [0.3, 0.4) is 0 Å². The predicted molar refractivity (Wildman–Crippen MR) is 132 cm³/mol. The van der Waals surface area contributed by atoms with E-state index in [-0.39, 0.29) is 51.1 Å². The zero-order valence-corrected chi connectivity index (χ0v) is 23.0. The first kappa shape index (κ1) is 30.8. The largest absolute Gasteiger partial charge is 0.469 e. The van der Waals surface area contributed by atoms with Gasteiger partial charge in [0.05, 0.1) is 28.6 Å². The predicted octanol–water partition coefficient (Wildman–Crippen LogP) is 7.87. The van der Waals surface area contributed by atoms with E-state index in [1.165, 1.54) is 7.11 Å². The average molecular weight is 574 g/mol. The molecule has 0 aliphatic heterocycles. The Morgan fingerprint density at radius 1 is 0.724 bits per heavy atom. The number of esters is 1. The van der Waals surface area contributed by atoms with Gasteiger partial charge in [0.15, 0.2) is 0 Å². The Hall–Kier alpha value is 1.79. The third kappa shape index (κ3) is 11.5. The van der Waals surface area contributed by atoms with Crippen LogP contribution in [0, 0.1) is 11.8 Å². The molecule has 0 saturated heterocycles. The van der Waals surface area contributed by atoms with Gasteiger partial charge in [-0.15, -0.1) is 92.8 Å². The molecule has 0 aliphatic rings. The normalized spacial score (nSPS) is 22.5. The van der Waals surface area contributed by atoms with Crippen LogP contribution >= 0.6 is 92.8 Å². The lowest BCUT2D eigenvalue weighted by Gasteiger charge is -2.38. The Kier molecular flexibility index (Phi) is 16.6. The first-order chi connectivity index (χ1) is 13.3. The van der Waals surface area contributed by atoms with Gasteiger partial charge in [-0.25, -0.2) is 0 Å². The fourth-order valence-corrected chi connectivity index (χ4v) is 5.59. The van der Waals surface area contributed by atoms with Crippen molar-refractivity contribution in [3.63, 3.8) is 0 Å². The standard InChI is InChI=1S/C19H30Cl8O2/c1-9(20)14(24)8-15(25)12(18(10(2)21)19(27)11(3)22)7-16(26)13(23)5-6-17(28)29-4/h9-16,18-19H,5-8H2,1-4H3. The van der Waals surface area contributed by atoms with E-state index in [0.29, 0.717) is 19.3 Å². The summed E-state index contributed by atoms with van der Waals surface area (Å²) in [5.74, 6) is -0.767. The van der Waals surface area contributed by atoms with Crippen LogP contribution in [0.1, 0.15) is 46.5 Å². The number of hydrogen-bond donors (Lipinski definition) is 0. The van der Waals surface area contributed by atoms with Gasteiger partial charge in [0, 0.05) is 27.9 Å². The number of rotatable bonds is 14. The third-order valence-electron chi connectivity index (χ3n) is 4.99. The van der Waals surface area contributed by atoms with E-state index >= 15 is 0 Å². The van der Waals surface area contributed by atoms with E-state index in [9.17, 15) is 4.79 Å². The molecule has 0 fully saturated rings. The molecule has 0 spiro atoms. The minimum Gasteiger partial charge on any atom is -0.469 e. The number of carbonyl (C=O) groups excluding carboxylic acids is 1. The van der Waals surface area contributed by atoms with Gasteiger partial charge in [-0.3, -0.25) is 4.79 Å². The lowest BCUT2D eigenvalue weighted by Crippen LogP contribution is -2.42. The maximum absolute atomic E-state index is 11.4. The zero-order chi connectivity index (χ0) is 22.9. The highest BCUT2D eigenvalue weighted by molar-refractivity contribution is 6.32. The molecule has 0 N–H and O–H groups in total. The Morgan fingerprint density at radius 2 is 1.28 bits per heavy atom. The lowest BCUT2D eigenvalue weighted by atomic mass is 9.78. The number of halogens is 8. The van der Waals surface area contributed by atoms with Crippen molar-refractivity contribution in [3.05, 3.63) is 0 Å². The van der Waals surface area contributed by atoms with E-state index < -0.39 is 16.1 Å². The second kappa shape index (κ2) is 15.6. The highest BCUT2D eigenvalue weighted by Gasteiger charge is 2.40. The Balaban J connectivity index is 5.51. The fraction of sp³-hybridized carbons (Fsp3) is 0.947. The van der Waals surface area contributed by atoms with Gasteiger partial charge in [-0.1, -0.05) is 0 Å². The molecule has 0 heterocycles. The fourth-order valence-electron chi connectivity index (χ4n) is 3.21. The van der Waals surface area contributed by atoms with Crippen molar-refractivity contribution in [2.24, 2.45) is 11.8 Å². The lowest BCUT2D eigenvalue weighted by molar-refractivity contribution is -0.140. The zero-order valence-electron chi connectivity index (χ0n) is 16.9. The maximum Gasteiger partial charge on any atom is 0.305 e. The summed E-state index contributed by atoms with van der Waals surface area (Å²) < 4.78 is 4.65. The third-order valence-corrected chi connectivity index (χ3v) is 8.97. The summed E-state index contributed by atoms with van der Waals surface area (Å²) >= 11 is 51.7. The number of hydrogen-bond acceptors (Lipinski definition) is 2. The summed E-state index contributed by atoms with van der Waals surface area (Å²) in [7, 11) is 1.33. The minimum absolute atomic E-state index is 0.183. The number of methoxy groups -OCH3 is 1. The van der Waals surface area contributed by atoms with Gasteiger partial charge >= 0.3 is 5.97 Å². The quantitative estimate of drug-likeness (QED) is 0.156. The molecule has 0 amide bonds. The maximum atomic E-state index is 11.4. The van der Waals surface area contributed by atoms with Crippen molar-refractivity contribution in [3.8, 4) is 0 Å². The molecular formula is C19H30Cl8O2. The number of carbonyl (C=O) groups is 1. The van der Waals surface area contributed by atoms with Crippen molar-refractivity contribution >= 4 is 98.8 Å². The molecule has 0 aliphatic carbocycles. The molecule has 0 aromatic carbocycles. The first-order valence-electron chi connectivity index (χ1n) is 9.52. The van der Waals surface area contributed by atoms with Gasteiger partial charge in [0.1, 0.15) is 0 Å². The van der Waals surface area contributed by atoms with Crippen molar-refractivity contribution < 1.29 is 9.53 Å². The summed E-state index contributed by atoms with van der Waals surface area (Å²) in [5.41, 5.74) is 0. The van der Waals surface area contributed by atoms with Crippen LogP contribution in [-0.2, 0) is 9.53 Å². The van der Waals surface area contributed by atoms with Crippen LogP contribution < -0.4 is 0 Å². The summed E-state index contributed by atoms with van der Waals surface area (Å²) in [5, 5.41) is -2.92. The smallest absolute Gasteiger partial charge is 0.305 e. The van der Waals surface area contributed by atoms with Crippen LogP contribution in [0.25, 0.3) is 0 Å². The Morgan fingerprint density at radius 3 is 1.69 bits per heavy atom. The molecule has 10 heteroatoms. The molecule has 0 bridgehead atoms. The second-order valence-electron chi connectivity index (χ2n) is 7.37. The number of ether oxygens (including phenoxy) is 1. The Labute approximate surface area is 215 Å². The summed E-state index contributed by atoms with van der Waals surface area (Å²) in [6, 6.07) is 0. The van der Waals surface area contributed by atoms with Gasteiger partial charge in [0.2, 0.25) is 0 Å². The van der Waals surface area contributed by atoms with E-state index in [0.717, 1.165) is 0 Å². The van der Waals surface area contributed by atoms with Crippen LogP contribution in [0.4, 0.5) is 0 Å². The van der Waals surface area contributed by atoms with E-state index in [1.54, 1.807) is 0 Å². The molecule has 0 radical (unpaired) electrons. The second-order valence-corrected chi connectivity index (χ2v) is 12.2. The van der Waals surface area contributed by atoms with Crippen molar-refractivity contribution in [2.75, 3.05) is 7.11 Å². The van der Waals surface area contributed by atoms with Crippen LogP contribution in [0.15, 0.2) is 0 Å². The van der Waals surface area contributed by atoms with Crippen molar-refractivity contribution in [1.29, 1.82) is 0 Å². The minimum atomic E-state index is -0.456. The molecule has 0 saturated carbocycles. The molecule has 10 unspecified atom stereocenters. The van der Waals surface area contributed by atoms with Crippen LogP contribution in [0.2, 0.25) is 0 Å². The summed E-state index contributed by atoms with van der Waals surface area (Å²) in [4.78, 5) is 11.4. The Bertz CT molecular complexity index is 463. The van der Waals surface area contributed by atoms with Gasteiger partial charge in [0.25, 0.3) is 0 Å². The average Bonchev–Trinajstić information content (AvgIpc) is 2.63. The van der Waals surface area contributed by atoms with E-state index in [2.05, 4.69) is 4.74 Å². The molecule has 2 nitrogen and oxygen atoms in total. The molecule has 10 atom stereocenters. The summed E-state index contributed by atoms with van der Waals surface area (Å²) in [6.45, 7) is 5.49. The molecule has 0 aromatic rings. The number of alkyl halides is 8. The molecule has 0 aromatic heterocycles. The van der Waals surface area contributed by atoms with E-state index in [1.807, 2.05) is 20.8 Å². The van der Waals surface area contributed by atoms with Crippen LogP contribution in [0.5, 0.6) is 0 Å². The molecule has 0 rings (SSSR count). The van der Waals surface area contributed by atoms with Crippen LogP contribution in [-0.4, -0.2) is 56.1 Å². The molecular weight excluding hydrogens is 544 g/mol. The first-order valence-corrected chi connectivity index (χ1v) is 13.0. The topological polar surface area (TPSA) is 26.3 Å². The monoisotopic (exact) mass is 570 g/mol. The molecule has 174 valence electrons. The van der Waals surface area contributed by atoms with Gasteiger partial charge in [-0.05, 0) is 51.9 Å². The highest BCUT2D eigenvalue weighted by atomic mass is 35.5. The van der Waals surface area contributed by atoms with Gasteiger partial charge in [-0.2, -0.15) is 0 Å². The summed E-state index contributed by atoms with van der Waals surface area (Å²) in [6.07, 6.45) is 1.47.